The van der Waals surface area contributed by atoms with Crippen molar-refractivity contribution >= 4 is 22.6 Å². The van der Waals surface area contributed by atoms with Crippen molar-refractivity contribution in [2.45, 2.75) is 25.0 Å². The molecule has 2 heterocycles. The van der Waals surface area contributed by atoms with E-state index in [1.165, 1.54) is 25.0 Å². The van der Waals surface area contributed by atoms with Gasteiger partial charge in [0.25, 0.3) is 5.72 Å². The van der Waals surface area contributed by atoms with Gasteiger partial charge in [-0.05, 0) is 67.4 Å². The van der Waals surface area contributed by atoms with Crippen LogP contribution in [0.4, 0.5) is 10.1 Å². The lowest BCUT2D eigenvalue weighted by Crippen LogP contribution is -3.00. The zero-order chi connectivity index (χ0) is 17.3. The Kier molecular flexibility index (Phi) is 6.05. The molecule has 4 rings (SSSR count). The monoisotopic (exact) mass is 436 g/mol. The van der Waals surface area contributed by atoms with E-state index in [4.69, 9.17) is 0 Å². The summed E-state index contributed by atoms with van der Waals surface area (Å²) in [6.45, 7) is 1.44. The van der Waals surface area contributed by atoms with Crippen LogP contribution < -0.4 is 21.9 Å². The van der Waals surface area contributed by atoms with E-state index in [1.54, 1.807) is 23.9 Å². The third-order valence-electron chi connectivity index (χ3n) is 4.87. The predicted octanol–water partition coefficient (Wildman–Crippen LogP) is 0.781. The zero-order valence-corrected chi connectivity index (χ0v) is 16.8. The number of halogens is 2. The van der Waals surface area contributed by atoms with Crippen molar-refractivity contribution in [2.24, 2.45) is 0 Å². The summed E-state index contributed by atoms with van der Waals surface area (Å²) in [5, 5.41) is 12.8. The Bertz CT molecular complexity index is 784. The molecular formula is C20H22BrFN2OS. The molecule has 0 bridgehead atoms. The first-order chi connectivity index (χ1) is 12.2. The van der Waals surface area contributed by atoms with Gasteiger partial charge in [-0.15, -0.1) is 0 Å². The average Bonchev–Trinajstić information content (AvgIpc) is 2.88. The van der Waals surface area contributed by atoms with Crippen molar-refractivity contribution < 1.29 is 31.1 Å². The molecular weight excluding hydrogens is 415 g/mol. The number of nitrogens with zero attached hydrogens (tertiary/aromatic N) is 2. The van der Waals surface area contributed by atoms with Crippen molar-refractivity contribution in [3.8, 4) is 0 Å². The minimum absolute atomic E-state index is 0. The van der Waals surface area contributed by atoms with Crippen LogP contribution in [-0.4, -0.2) is 33.7 Å². The minimum Gasteiger partial charge on any atom is -1.00 e. The van der Waals surface area contributed by atoms with Crippen LogP contribution in [0.5, 0.6) is 0 Å². The Morgan fingerprint density at radius 2 is 1.73 bits per heavy atom. The Balaban J connectivity index is 0.00000196. The maximum absolute atomic E-state index is 13.4. The largest absolute Gasteiger partial charge is 1.00 e. The van der Waals surface area contributed by atoms with Crippen molar-refractivity contribution in [3.63, 3.8) is 0 Å². The van der Waals surface area contributed by atoms with Gasteiger partial charge in [-0.25, -0.2) is 8.97 Å². The summed E-state index contributed by atoms with van der Waals surface area (Å²) in [5.41, 5.74) is 0.486. The normalized spacial score (nSPS) is 23.1. The highest BCUT2D eigenvalue weighted by molar-refractivity contribution is 8.13. The average molecular weight is 437 g/mol. The molecule has 0 aliphatic carbocycles. The maximum atomic E-state index is 13.4. The van der Waals surface area contributed by atoms with Gasteiger partial charge in [-0.3, -0.25) is 0 Å². The fourth-order valence-electron chi connectivity index (χ4n) is 3.62. The van der Waals surface area contributed by atoms with Gasteiger partial charge in [0, 0.05) is 11.3 Å². The quantitative estimate of drug-likeness (QED) is 0.704. The second-order valence-corrected chi connectivity index (χ2v) is 7.67. The summed E-state index contributed by atoms with van der Waals surface area (Å²) in [6, 6.07) is 16.2. The Morgan fingerprint density at radius 1 is 1.00 bits per heavy atom. The van der Waals surface area contributed by atoms with Crippen molar-refractivity contribution in [2.75, 3.05) is 23.7 Å². The molecule has 26 heavy (non-hydrogen) atoms. The predicted molar refractivity (Wildman–Crippen MR) is 101 cm³/mol. The molecule has 2 aliphatic heterocycles. The smallest absolute Gasteiger partial charge is 0.316 e. The number of thioether (sulfide) groups is 1. The topological polar surface area (TPSA) is 26.5 Å². The molecule has 0 radical (unpaired) electrons. The lowest BCUT2D eigenvalue weighted by molar-refractivity contribution is -0.532. The van der Waals surface area contributed by atoms with Gasteiger partial charge in [0.1, 0.15) is 11.5 Å². The van der Waals surface area contributed by atoms with Crippen LogP contribution >= 0.6 is 11.8 Å². The van der Waals surface area contributed by atoms with Gasteiger partial charge in [0.05, 0.1) is 6.54 Å². The molecule has 0 aromatic heterocycles. The molecule has 1 N–H and O–H groups in total. The van der Waals surface area contributed by atoms with Gasteiger partial charge in [0.2, 0.25) is 0 Å². The minimum atomic E-state index is -1.19. The van der Waals surface area contributed by atoms with Crippen LogP contribution in [-0.2, 0) is 5.72 Å². The second-order valence-electron chi connectivity index (χ2n) is 6.61. The van der Waals surface area contributed by atoms with Crippen molar-refractivity contribution in [1.29, 1.82) is 0 Å². The Hall–Kier alpha value is -1.37. The molecule has 2 aromatic rings. The third-order valence-corrected chi connectivity index (χ3v) is 6.06. The Labute approximate surface area is 168 Å². The lowest BCUT2D eigenvalue weighted by Gasteiger charge is -2.28. The van der Waals surface area contributed by atoms with Crippen LogP contribution in [0.1, 0.15) is 24.8 Å². The number of para-hydroxylation sites is 1. The molecule has 0 fully saturated rings. The molecule has 3 nitrogen and oxygen atoms in total. The van der Waals surface area contributed by atoms with Crippen molar-refractivity contribution in [3.05, 3.63) is 66.0 Å². The van der Waals surface area contributed by atoms with Gasteiger partial charge >= 0.3 is 5.17 Å². The highest BCUT2D eigenvalue weighted by atomic mass is 79.9. The van der Waals surface area contributed by atoms with E-state index in [0.717, 1.165) is 35.1 Å². The number of benzene rings is 2. The van der Waals surface area contributed by atoms with Crippen LogP contribution in [0.2, 0.25) is 0 Å². The summed E-state index contributed by atoms with van der Waals surface area (Å²) in [5.74, 6) is 0.763. The van der Waals surface area contributed by atoms with E-state index in [9.17, 15) is 9.50 Å². The molecule has 138 valence electrons. The standard InChI is InChI=1S/C20H22FN2OS.BrH/c21-17-11-9-16(10-12-17)20(24)15-22-13-5-2-6-14-25-19(22)23(20)18-7-3-1-4-8-18;/h1,3-4,7-12,24H,2,5-6,13-15H2;1H/q+1;/p-1. The molecule has 0 spiro atoms. The van der Waals surface area contributed by atoms with Gasteiger partial charge < -0.3 is 22.1 Å². The third kappa shape index (κ3) is 3.55. The maximum Gasteiger partial charge on any atom is 0.316 e. The fourth-order valence-corrected chi connectivity index (χ4v) is 4.87. The van der Waals surface area contributed by atoms with Gasteiger partial charge in [-0.2, -0.15) is 4.90 Å². The first-order valence-corrected chi connectivity index (χ1v) is 9.75. The molecule has 6 heteroatoms. The lowest BCUT2D eigenvalue weighted by atomic mass is 10.0. The molecule has 0 saturated heterocycles. The van der Waals surface area contributed by atoms with E-state index in [-0.39, 0.29) is 22.8 Å². The first-order valence-electron chi connectivity index (χ1n) is 8.77. The highest BCUT2D eigenvalue weighted by Crippen LogP contribution is 2.39. The van der Waals surface area contributed by atoms with Crippen LogP contribution in [0.3, 0.4) is 0 Å². The summed E-state index contributed by atoms with van der Waals surface area (Å²) in [4.78, 5) is 2.02. The fraction of sp³-hybridized carbons (Fsp3) is 0.350. The molecule has 0 amide bonds. The SMILES string of the molecule is OC1(c2ccc(F)cc2)C[N+]2=C(SCCCCC2)N1c1ccccc1.[Br-]. The van der Waals surface area contributed by atoms with E-state index in [1.807, 2.05) is 35.2 Å². The number of rotatable bonds is 2. The second kappa shape index (κ2) is 8.11. The molecule has 2 aliphatic rings. The summed E-state index contributed by atoms with van der Waals surface area (Å²) < 4.78 is 15.7. The number of aliphatic hydroxyl groups is 1. The van der Waals surface area contributed by atoms with Gasteiger partial charge in [0.15, 0.2) is 6.54 Å². The van der Waals surface area contributed by atoms with Crippen LogP contribution in [0.25, 0.3) is 0 Å². The first kappa shape index (κ1) is 19.4. The number of hydrogen-bond acceptors (Lipinski definition) is 3. The van der Waals surface area contributed by atoms with E-state index in [2.05, 4.69) is 4.58 Å². The summed E-state index contributed by atoms with van der Waals surface area (Å²) >= 11 is 1.81. The summed E-state index contributed by atoms with van der Waals surface area (Å²) in [6.07, 6.45) is 3.54. The van der Waals surface area contributed by atoms with E-state index < -0.39 is 5.72 Å². The summed E-state index contributed by atoms with van der Waals surface area (Å²) in [7, 11) is 0. The van der Waals surface area contributed by atoms with E-state index >= 15 is 0 Å². The van der Waals surface area contributed by atoms with Crippen molar-refractivity contribution in [1.82, 2.24) is 0 Å². The molecule has 1 unspecified atom stereocenters. The molecule has 2 aromatic carbocycles. The number of amidine groups is 1. The van der Waals surface area contributed by atoms with Crippen LogP contribution in [0, 0.1) is 5.82 Å². The van der Waals surface area contributed by atoms with E-state index in [0.29, 0.717) is 6.54 Å². The van der Waals surface area contributed by atoms with Gasteiger partial charge in [-0.1, -0.05) is 18.2 Å². The molecule has 1 atom stereocenters. The molecule has 0 saturated carbocycles. The van der Waals surface area contributed by atoms with Crippen LogP contribution in [0.15, 0.2) is 54.6 Å². The zero-order valence-electron chi connectivity index (χ0n) is 14.4. The Morgan fingerprint density at radius 3 is 2.46 bits per heavy atom. The number of hydrogen-bond donors (Lipinski definition) is 1. The number of anilines is 1. The highest BCUT2D eigenvalue weighted by Gasteiger charge is 2.54.